The zero-order valence-corrected chi connectivity index (χ0v) is 15.9. The summed E-state index contributed by atoms with van der Waals surface area (Å²) in [6.45, 7) is 7.86. The lowest BCUT2D eigenvalue weighted by Gasteiger charge is -2.37. The lowest BCUT2D eigenvalue weighted by molar-refractivity contribution is -0.138. The number of morpholine rings is 1. The highest BCUT2D eigenvalue weighted by molar-refractivity contribution is 6.35. The molecule has 1 aromatic rings. The maximum atomic E-state index is 13.2. The molecule has 3 rings (SSSR count). The third-order valence-electron chi connectivity index (χ3n) is 4.93. The quantitative estimate of drug-likeness (QED) is 0.581. The smallest absolute Gasteiger partial charge is 0.277 e. The van der Waals surface area contributed by atoms with Gasteiger partial charge in [0, 0.05) is 19.6 Å². The highest BCUT2D eigenvalue weighted by Gasteiger charge is 2.42. The molecule has 0 aromatic heterocycles. The van der Waals surface area contributed by atoms with Gasteiger partial charge in [0.2, 0.25) is 0 Å². The Morgan fingerprint density at radius 2 is 1.65 bits per heavy atom. The van der Waals surface area contributed by atoms with E-state index in [0.717, 1.165) is 24.8 Å². The number of nitrogens with zero attached hydrogens (tertiary/aromatic N) is 2. The van der Waals surface area contributed by atoms with Gasteiger partial charge in [0.05, 0.1) is 17.8 Å². The molecular weight excluding hydrogens is 328 g/mol. The maximum absolute atomic E-state index is 13.2. The van der Waals surface area contributed by atoms with Crippen LogP contribution in [0.3, 0.4) is 0 Å². The van der Waals surface area contributed by atoms with Crippen molar-refractivity contribution in [1.29, 1.82) is 0 Å². The third kappa shape index (κ3) is 3.68. The van der Waals surface area contributed by atoms with Crippen LogP contribution in [0.15, 0.2) is 36.0 Å². The summed E-state index contributed by atoms with van der Waals surface area (Å²) in [5, 5.41) is 0. The number of rotatable bonds is 6. The monoisotopic (exact) mass is 356 g/mol. The van der Waals surface area contributed by atoms with Crippen LogP contribution in [0.2, 0.25) is 0 Å². The highest BCUT2D eigenvalue weighted by atomic mass is 16.5. The Morgan fingerprint density at radius 3 is 2.27 bits per heavy atom. The van der Waals surface area contributed by atoms with E-state index in [2.05, 4.69) is 6.92 Å². The van der Waals surface area contributed by atoms with Gasteiger partial charge in [-0.25, -0.2) is 0 Å². The predicted molar refractivity (Wildman–Crippen MR) is 101 cm³/mol. The Balaban J connectivity index is 1.97. The fourth-order valence-corrected chi connectivity index (χ4v) is 3.81. The number of unbranched alkanes of at least 4 members (excludes halogenated alkanes) is 2. The van der Waals surface area contributed by atoms with Crippen molar-refractivity contribution in [2.24, 2.45) is 0 Å². The standard InChI is InChI=1S/C21H28N2O3/c1-4-5-9-12-23-20(24)18(17-10-7-6-8-11-17)19(21(23)25)22-13-15(2)26-16(3)14-22/h6-8,10-11,15-16H,4-5,9,12-14H2,1-3H3. The Morgan fingerprint density at radius 1 is 1.00 bits per heavy atom. The van der Waals surface area contributed by atoms with Crippen molar-refractivity contribution in [1.82, 2.24) is 9.80 Å². The van der Waals surface area contributed by atoms with Gasteiger partial charge in [0.1, 0.15) is 5.70 Å². The minimum absolute atomic E-state index is 0.0281. The van der Waals surface area contributed by atoms with E-state index in [1.165, 1.54) is 4.90 Å². The van der Waals surface area contributed by atoms with Crippen LogP contribution in [-0.2, 0) is 14.3 Å². The summed E-state index contributed by atoms with van der Waals surface area (Å²) in [5.41, 5.74) is 1.89. The summed E-state index contributed by atoms with van der Waals surface area (Å²) in [6, 6.07) is 9.54. The van der Waals surface area contributed by atoms with Crippen LogP contribution >= 0.6 is 0 Å². The van der Waals surface area contributed by atoms with Gasteiger partial charge in [-0.05, 0) is 25.8 Å². The molecule has 2 aliphatic heterocycles. The van der Waals surface area contributed by atoms with Gasteiger partial charge < -0.3 is 9.64 Å². The van der Waals surface area contributed by atoms with E-state index in [1.807, 2.05) is 49.1 Å². The molecule has 0 spiro atoms. The molecule has 26 heavy (non-hydrogen) atoms. The normalized spacial score (nSPS) is 24.0. The average molecular weight is 356 g/mol. The molecule has 0 N–H and O–H groups in total. The molecule has 5 heteroatoms. The third-order valence-corrected chi connectivity index (χ3v) is 4.93. The topological polar surface area (TPSA) is 49.9 Å². The fraction of sp³-hybridized carbons (Fsp3) is 0.524. The van der Waals surface area contributed by atoms with E-state index in [4.69, 9.17) is 4.74 Å². The first-order valence-corrected chi connectivity index (χ1v) is 9.59. The van der Waals surface area contributed by atoms with Gasteiger partial charge in [0.15, 0.2) is 0 Å². The van der Waals surface area contributed by atoms with Crippen LogP contribution in [0, 0.1) is 0 Å². The maximum Gasteiger partial charge on any atom is 0.277 e. The van der Waals surface area contributed by atoms with Gasteiger partial charge in [-0.1, -0.05) is 50.1 Å². The van der Waals surface area contributed by atoms with E-state index < -0.39 is 0 Å². The summed E-state index contributed by atoms with van der Waals surface area (Å²) in [5.74, 6) is -0.328. The van der Waals surface area contributed by atoms with E-state index in [1.54, 1.807) is 0 Å². The predicted octanol–water partition coefficient (Wildman–Crippen LogP) is 3.07. The summed E-state index contributed by atoms with van der Waals surface area (Å²) in [4.78, 5) is 29.8. The lowest BCUT2D eigenvalue weighted by Crippen LogP contribution is -2.47. The first-order chi connectivity index (χ1) is 12.5. The summed E-state index contributed by atoms with van der Waals surface area (Å²) in [7, 11) is 0. The molecule has 0 aliphatic carbocycles. The molecule has 2 heterocycles. The van der Waals surface area contributed by atoms with Crippen molar-refractivity contribution in [2.75, 3.05) is 19.6 Å². The Bertz CT molecular complexity index is 688. The molecule has 0 radical (unpaired) electrons. The molecular formula is C21H28N2O3. The fourth-order valence-electron chi connectivity index (χ4n) is 3.81. The van der Waals surface area contributed by atoms with Crippen LogP contribution in [0.5, 0.6) is 0 Å². The zero-order chi connectivity index (χ0) is 18.7. The number of ether oxygens (including phenoxy) is 1. The minimum atomic E-state index is -0.167. The molecule has 0 saturated carbocycles. The van der Waals surface area contributed by atoms with Crippen molar-refractivity contribution in [2.45, 2.75) is 52.2 Å². The first kappa shape index (κ1) is 18.6. The lowest BCUT2D eigenvalue weighted by atomic mass is 10.0. The Kier molecular flexibility index (Phi) is 5.77. The molecule has 1 aromatic carbocycles. The van der Waals surface area contributed by atoms with Crippen molar-refractivity contribution in [3.8, 4) is 0 Å². The zero-order valence-electron chi connectivity index (χ0n) is 15.9. The molecule has 2 aliphatic rings. The van der Waals surface area contributed by atoms with E-state index in [9.17, 15) is 9.59 Å². The number of hydrogen-bond acceptors (Lipinski definition) is 4. The molecule has 0 bridgehead atoms. The largest absolute Gasteiger partial charge is 0.372 e. The number of hydrogen-bond donors (Lipinski definition) is 0. The van der Waals surface area contributed by atoms with Gasteiger partial charge >= 0.3 is 0 Å². The average Bonchev–Trinajstić information content (AvgIpc) is 2.86. The summed E-state index contributed by atoms with van der Waals surface area (Å²) < 4.78 is 5.81. The molecule has 1 saturated heterocycles. The molecule has 1 fully saturated rings. The van der Waals surface area contributed by atoms with E-state index in [0.29, 0.717) is 30.9 Å². The number of benzene rings is 1. The number of carbonyl (C=O) groups excluding carboxylic acids is 2. The van der Waals surface area contributed by atoms with Crippen molar-refractivity contribution >= 4 is 17.4 Å². The van der Waals surface area contributed by atoms with Gasteiger partial charge in [-0.2, -0.15) is 0 Å². The number of imide groups is 1. The molecule has 2 atom stereocenters. The molecule has 2 amide bonds. The van der Waals surface area contributed by atoms with Crippen LogP contribution < -0.4 is 0 Å². The van der Waals surface area contributed by atoms with Crippen LogP contribution in [-0.4, -0.2) is 53.5 Å². The Hall–Kier alpha value is -2.14. The van der Waals surface area contributed by atoms with E-state index in [-0.39, 0.29) is 24.0 Å². The van der Waals surface area contributed by atoms with E-state index >= 15 is 0 Å². The second-order valence-electron chi connectivity index (χ2n) is 7.22. The van der Waals surface area contributed by atoms with Crippen molar-refractivity contribution in [3.63, 3.8) is 0 Å². The molecule has 5 nitrogen and oxygen atoms in total. The van der Waals surface area contributed by atoms with Gasteiger partial charge in [-0.3, -0.25) is 14.5 Å². The summed E-state index contributed by atoms with van der Waals surface area (Å²) >= 11 is 0. The second kappa shape index (κ2) is 8.04. The minimum Gasteiger partial charge on any atom is -0.372 e. The second-order valence-corrected chi connectivity index (χ2v) is 7.22. The SMILES string of the molecule is CCCCCN1C(=O)C(c2ccccc2)=C(N2CC(C)OC(C)C2)C1=O. The Labute approximate surface area is 155 Å². The van der Waals surface area contributed by atoms with Crippen molar-refractivity contribution in [3.05, 3.63) is 41.6 Å². The summed E-state index contributed by atoms with van der Waals surface area (Å²) in [6.07, 6.45) is 2.97. The molecule has 2 unspecified atom stereocenters. The van der Waals surface area contributed by atoms with Gasteiger partial charge in [-0.15, -0.1) is 0 Å². The highest BCUT2D eigenvalue weighted by Crippen LogP contribution is 2.33. The van der Waals surface area contributed by atoms with Crippen LogP contribution in [0.25, 0.3) is 5.57 Å². The number of carbonyl (C=O) groups is 2. The number of amides is 2. The van der Waals surface area contributed by atoms with Crippen LogP contribution in [0.4, 0.5) is 0 Å². The molecule has 140 valence electrons. The van der Waals surface area contributed by atoms with Gasteiger partial charge in [0.25, 0.3) is 11.8 Å². The van der Waals surface area contributed by atoms with Crippen molar-refractivity contribution < 1.29 is 14.3 Å². The first-order valence-electron chi connectivity index (χ1n) is 9.59. The van der Waals surface area contributed by atoms with Crippen LogP contribution in [0.1, 0.15) is 45.6 Å².